The van der Waals surface area contributed by atoms with Gasteiger partial charge in [-0.25, -0.2) is 4.79 Å². The molecule has 0 rings (SSSR count). The zero-order valence-corrected chi connectivity index (χ0v) is 9.95. The maximum absolute atomic E-state index is 11.4. The fourth-order valence-electron chi connectivity index (χ4n) is 1.19. The first-order valence-corrected chi connectivity index (χ1v) is 5.23. The topological polar surface area (TPSA) is 87.7 Å². The molecule has 0 aromatic heterocycles. The van der Waals surface area contributed by atoms with Crippen LogP contribution in [0.15, 0.2) is 0 Å². The first-order valence-electron chi connectivity index (χ1n) is 5.23. The minimum absolute atomic E-state index is 0.0507. The molecule has 94 valence electrons. The monoisotopic (exact) mass is 232 g/mol. The summed E-state index contributed by atoms with van der Waals surface area (Å²) in [5.41, 5.74) is 0. The number of carboxylic acids is 1. The molecule has 0 spiro atoms. The molecule has 0 aromatic rings. The molecule has 0 saturated heterocycles. The number of carboxylic acid groups (broad SMARTS) is 1. The van der Waals surface area contributed by atoms with E-state index in [2.05, 4.69) is 10.6 Å². The van der Waals surface area contributed by atoms with Gasteiger partial charge in [-0.1, -0.05) is 0 Å². The zero-order chi connectivity index (χ0) is 12.6. The van der Waals surface area contributed by atoms with Crippen LogP contribution in [0.2, 0.25) is 0 Å². The molecule has 0 aliphatic carbocycles. The van der Waals surface area contributed by atoms with Crippen LogP contribution in [0.3, 0.4) is 0 Å². The number of methoxy groups -OCH3 is 1. The van der Waals surface area contributed by atoms with E-state index in [4.69, 9.17) is 9.84 Å². The second-order valence-electron chi connectivity index (χ2n) is 3.81. The Kier molecular flexibility index (Phi) is 7.28. The average molecular weight is 232 g/mol. The van der Waals surface area contributed by atoms with Crippen molar-refractivity contribution in [3.63, 3.8) is 0 Å². The van der Waals surface area contributed by atoms with Crippen LogP contribution in [0.25, 0.3) is 0 Å². The molecule has 2 unspecified atom stereocenters. The molecule has 0 radical (unpaired) electrons. The van der Waals surface area contributed by atoms with Crippen LogP contribution in [-0.2, 0) is 9.53 Å². The predicted molar refractivity (Wildman–Crippen MR) is 59.3 cm³/mol. The van der Waals surface area contributed by atoms with Gasteiger partial charge >= 0.3 is 12.0 Å². The summed E-state index contributed by atoms with van der Waals surface area (Å²) in [5, 5.41) is 13.8. The predicted octanol–water partition coefficient (Wildman–Crippen LogP) is 0.574. The molecule has 0 bridgehead atoms. The molecule has 2 amide bonds. The molecule has 0 aromatic carbocycles. The zero-order valence-electron chi connectivity index (χ0n) is 9.95. The van der Waals surface area contributed by atoms with E-state index in [-0.39, 0.29) is 24.5 Å². The lowest BCUT2D eigenvalue weighted by molar-refractivity contribution is -0.137. The van der Waals surface area contributed by atoms with Gasteiger partial charge in [-0.2, -0.15) is 0 Å². The van der Waals surface area contributed by atoms with Crippen LogP contribution in [0.1, 0.15) is 26.7 Å². The van der Waals surface area contributed by atoms with Gasteiger partial charge in [0.05, 0.1) is 12.6 Å². The maximum Gasteiger partial charge on any atom is 0.315 e. The molecule has 0 fully saturated rings. The van der Waals surface area contributed by atoms with Crippen LogP contribution >= 0.6 is 0 Å². The van der Waals surface area contributed by atoms with Crippen molar-refractivity contribution in [1.29, 1.82) is 0 Å². The van der Waals surface area contributed by atoms with E-state index in [0.29, 0.717) is 13.0 Å². The molecule has 0 heterocycles. The highest BCUT2D eigenvalue weighted by Gasteiger charge is 2.10. The van der Waals surface area contributed by atoms with E-state index >= 15 is 0 Å². The van der Waals surface area contributed by atoms with Crippen LogP contribution in [0, 0.1) is 0 Å². The summed E-state index contributed by atoms with van der Waals surface area (Å²) < 4.78 is 4.87. The molecular formula is C10H20N2O4. The number of carbonyl (C=O) groups excluding carboxylic acids is 1. The van der Waals surface area contributed by atoms with E-state index in [1.165, 1.54) is 0 Å². The van der Waals surface area contributed by atoms with Gasteiger partial charge in [0.1, 0.15) is 0 Å². The van der Waals surface area contributed by atoms with Crippen LogP contribution in [-0.4, -0.2) is 42.9 Å². The Labute approximate surface area is 95.4 Å². The number of amides is 2. The SMILES string of the molecule is COCC(C)NC(=O)NC(C)CCC(=O)O. The van der Waals surface area contributed by atoms with Crippen LogP contribution in [0.5, 0.6) is 0 Å². The summed E-state index contributed by atoms with van der Waals surface area (Å²) in [4.78, 5) is 21.7. The van der Waals surface area contributed by atoms with Gasteiger partial charge < -0.3 is 20.5 Å². The Morgan fingerprint density at radius 3 is 2.31 bits per heavy atom. The number of rotatable bonds is 7. The maximum atomic E-state index is 11.4. The molecular weight excluding hydrogens is 212 g/mol. The van der Waals surface area contributed by atoms with Crippen molar-refractivity contribution in [3.05, 3.63) is 0 Å². The molecule has 0 saturated carbocycles. The van der Waals surface area contributed by atoms with E-state index in [0.717, 1.165) is 0 Å². The van der Waals surface area contributed by atoms with Crippen molar-refractivity contribution >= 4 is 12.0 Å². The summed E-state index contributed by atoms with van der Waals surface area (Å²) >= 11 is 0. The van der Waals surface area contributed by atoms with E-state index in [9.17, 15) is 9.59 Å². The highest BCUT2D eigenvalue weighted by Crippen LogP contribution is 1.96. The van der Waals surface area contributed by atoms with Gasteiger partial charge in [0, 0.05) is 19.6 Å². The van der Waals surface area contributed by atoms with Crippen molar-refractivity contribution in [2.24, 2.45) is 0 Å². The van der Waals surface area contributed by atoms with E-state index in [1.807, 2.05) is 6.92 Å². The molecule has 6 heteroatoms. The minimum atomic E-state index is -0.859. The third kappa shape index (κ3) is 8.05. The third-order valence-corrected chi connectivity index (χ3v) is 1.96. The summed E-state index contributed by atoms with van der Waals surface area (Å²) in [5.74, 6) is -0.859. The van der Waals surface area contributed by atoms with Gasteiger partial charge in [0.15, 0.2) is 0 Å². The third-order valence-electron chi connectivity index (χ3n) is 1.96. The van der Waals surface area contributed by atoms with E-state index in [1.54, 1.807) is 14.0 Å². The highest BCUT2D eigenvalue weighted by atomic mass is 16.5. The Bertz CT molecular complexity index is 233. The fourth-order valence-corrected chi connectivity index (χ4v) is 1.19. The van der Waals surface area contributed by atoms with Crippen molar-refractivity contribution in [3.8, 4) is 0 Å². The van der Waals surface area contributed by atoms with Gasteiger partial charge in [-0.3, -0.25) is 4.79 Å². The molecule has 0 aliphatic rings. The second kappa shape index (κ2) is 7.92. The number of ether oxygens (including phenoxy) is 1. The second-order valence-corrected chi connectivity index (χ2v) is 3.81. The molecule has 16 heavy (non-hydrogen) atoms. The fraction of sp³-hybridized carbons (Fsp3) is 0.800. The van der Waals surface area contributed by atoms with Crippen molar-refractivity contribution in [2.45, 2.75) is 38.8 Å². The van der Waals surface area contributed by atoms with Crippen molar-refractivity contribution in [2.75, 3.05) is 13.7 Å². The lowest BCUT2D eigenvalue weighted by Crippen LogP contribution is -2.45. The molecule has 2 atom stereocenters. The number of aliphatic carboxylic acids is 1. The van der Waals surface area contributed by atoms with Gasteiger partial charge in [-0.05, 0) is 20.3 Å². The number of urea groups is 1. The van der Waals surface area contributed by atoms with Gasteiger partial charge in [0.2, 0.25) is 0 Å². The average Bonchev–Trinajstić information content (AvgIpc) is 2.14. The van der Waals surface area contributed by atoms with E-state index < -0.39 is 5.97 Å². The number of hydrogen-bond donors (Lipinski definition) is 3. The molecule has 6 nitrogen and oxygen atoms in total. The number of hydrogen-bond acceptors (Lipinski definition) is 3. The normalized spacial score (nSPS) is 13.9. The summed E-state index contributed by atoms with van der Waals surface area (Å²) in [6, 6.07) is -0.537. The summed E-state index contributed by atoms with van der Waals surface area (Å²) in [7, 11) is 1.56. The molecule has 0 aliphatic heterocycles. The Morgan fingerprint density at radius 1 is 1.25 bits per heavy atom. The Hall–Kier alpha value is -1.30. The number of nitrogens with one attached hydrogen (secondary N) is 2. The van der Waals surface area contributed by atoms with Crippen molar-refractivity contribution < 1.29 is 19.4 Å². The minimum Gasteiger partial charge on any atom is -0.481 e. The first-order chi connectivity index (χ1) is 7.45. The highest BCUT2D eigenvalue weighted by molar-refractivity contribution is 5.74. The largest absolute Gasteiger partial charge is 0.481 e. The lowest BCUT2D eigenvalue weighted by Gasteiger charge is -2.17. The number of carbonyl (C=O) groups is 2. The molecule has 3 N–H and O–H groups in total. The summed E-state index contributed by atoms with van der Waals surface area (Å²) in [6.45, 7) is 4.03. The Balaban J connectivity index is 3.73. The van der Waals surface area contributed by atoms with Gasteiger partial charge in [-0.15, -0.1) is 0 Å². The standard InChI is InChI=1S/C10H20N2O4/c1-7(4-5-9(13)14)11-10(15)12-8(2)6-16-3/h7-8H,4-6H2,1-3H3,(H,13,14)(H2,11,12,15). The smallest absolute Gasteiger partial charge is 0.315 e. The van der Waals surface area contributed by atoms with Crippen molar-refractivity contribution in [1.82, 2.24) is 10.6 Å². The first kappa shape index (κ1) is 14.7. The Morgan fingerprint density at radius 2 is 1.81 bits per heavy atom. The summed E-state index contributed by atoms with van der Waals surface area (Å²) in [6.07, 6.45) is 0.469. The lowest BCUT2D eigenvalue weighted by atomic mass is 10.2. The quantitative estimate of drug-likeness (QED) is 0.599. The van der Waals surface area contributed by atoms with Crippen LogP contribution < -0.4 is 10.6 Å². The van der Waals surface area contributed by atoms with Crippen LogP contribution in [0.4, 0.5) is 4.79 Å². The van der Waals surface area contributed by atoms with Gasteiger partial charge in [0.25, 0.3) is 0 Å².